The molecule has 0 aliphatic heterocycles. The molecule has 2 aromatic rings. The predicted octanol–water partition coefficient (Wildman–Crippen LogP) is 2.98. The van der Waals surface area contributed by atoms with E-state index in [-0.39, 0.29) is 10.6 Å². The standard InChI is InChI=1S/C11H7ClN2O2S/c12-9-2-1-7(5-8(9)11(15)16)17-10-6-13-3-4-14-10/h1-6H,(H,15,16). The first kappa shape index (κ1) is 11.9. The minimum Gasteiger partial charge on any atom is -0.478 e. The Bertz CT molecular complexity index is 548. The number of aromatic carboxylic acids is 1. The number of halogens is 1. The molecule has 17 heavy (non-hydrogen) atoms. The van der Waals surface area contributed by atoms with E-state index in [1.54, 1.807) is 30.7 Å². The Balaban J connectivity index is 2.29. The summed E-state index contributed by atoms with van der Waals surface area (Å²) in [5, 5.41) is 9.86. The fraction of sp³-hybridized carbons (Fsp3) is 0. The van der Waals surface area contributed by atoms with Gasteiger partial charge in [0.25, 0.3) is 0 Å². The van der Waals surface area contributed by atoms with Crippen LogP contribution in [0, 0.1) is 0 Å². The van der Waals surface area contributed by atoms with Crippen molar-refractivity contribution >= 4 is 29.3 Å². The van der Waals surface area contributed by atoms with Crippen molar-refractivity contribution in [1.82, 2.24) is 9.97 Å². The fourth-order valence-corrected chi connectivity index (χ4v) is 2.17. The average molecular weight is 267 g/mol. The van der Waals surface area contributed by atoms with Gasteiger partial charge in [0.2, 0.25) is 0 Å². The molecule has 6 heteroatoms. The van der Waals surface area contributed by atoms with Crippen LogP contribution in [0.1, 0.15) is 10.4 Å². The smallest absolute Gasteiger partial charge is 0.337 e. The molecule has 0 atom stereocenters. The molecule has 1 aromatic carbocycles. The number of aromatic nitrogens is 2. The Kier molecular flexibility index (Phi) is 3.61. The molecule has 0 bridgehead atoms. The molecule has 0 amide bonds. The number of hydrogen-bond donors (Lipinski definition) is 1. The molecule has 0 aliphatic rings. The maximum absolute atomic E-state index is 10.9. The van der Waals surface area contributed by atoms with Crippen LogP contribution in [0.3, 0.4) is 0 Å². The number of benzene rings is 1. The fourth-order valence-electron chi connectivity index (χ4n) is 1.19. The number of carboxylic acid groups (broad SMARTS) is 1. The van der Waals surface area contributed by atoms with Crippen molar-refractivity contribution in [3.05, 3.63) is 47.4 Å². The lowest BCUT2D eigenvalue weighted by molar-refractivity contribution is 0.0697. The van der Waals surface area contributed by atoms with Crippen molar-refractivity contribution in [2.24, 2.45) is 0 Å². The van der Waals surface area contributed by atoms with Gasteiger partial charge in [0.15, 0.2) is 0 Å². The van der Waals surface area contributed by atoms with Gasteiger partial charge in [-0.05, 0) is 18.2 Å². The number of carboxylic acids is 1. The van der Waals surface area contributed by atoms with E-state index in [0.717, 1.165) is 4.90 Å². The van der Waals surface area contributed by atoms with E-state index in [9.17, 15) is 4.79 Å². The third-order valence-corrected chi connectivity index (χ3v) is 3.17. The van der Waals surface area contributed by atoms with E-state index in [4.69, 9.17) is 16.7 Å². The Morgan fingerprint density at radius 2 is 2.18 bits per heavy atom. The first-order chi connectivity index (χ1) is 8.16. The largest absolute Gasteiger partial charge is 0.478 e. The van der Waals surface area contributed by atoms with Crippen LogP contribution in [0.2, 0.25) is 5.02 Å². The summed E-state index contributed by atoms with van der Waals surface area (Å²) in [6, 6.07) is 4.82. The Labute approximate surface area is 107 Å². The second kappa shape index (κ2) is 5.16. The topological polar surface area (TPSA) is 63.1 Å². The van der Waals surface area contributed by atoms with E-state index < -0.39 is 5.97 Å². The minimum atomic E-state index is -1.04. The van der Waals surface area contributed by atoms with Crippen LogP contribution >= 0.6 is 23.4 Å². The predicted molar refractivity (Wildman–Crippen MR) is 64.6 cm³/mol. The van der Waals surface area contributed by atoms with Crippen LogP contribution in [0.4, 0.5) is 0 Å². The molecule has 0 radical (unpaired) electrons. The molecule has 1 heterocycles. The molecule has 0 spiro atoms. The summed E-state index contributed by atoms with van der Waals surface area (Å²) in [4.78, 5) is 19.7. The zero-order chi connectivity index (χ0) is 12.3. The zero-order valence-electron chi connectivity index (χ0n) is 8.50. The highest BCUT2D eigenvalue weighted by atomic mass is 35.5. The van der Waals surface area contributed by atoms with Gasteiger partial charge in [-0.15, -0.1) is 0 Å². The summed E-state index contributed by atoms with van der Waals surface area (Å²) in [5.74, 6) is -1.04. The third-order valence-electron chi connectivity index (χ3n) is 1.93. The van der Waals surface area contributed by atoms with Crippen LogP contribution in [0.5, 0.6) is 0 Å². The highest BCUT2D eigenvalue weighted by molar-refractivity contribution is 7.99. The van der Waals surface area contributed by atoms with Crippen LogP contribution in [0.25, 0.3) is 0 Å². The quantitative estimate of drug-likeness (QED) is 0.925. The van der Waals surface area contributed by atoms with Gasteiger partial charge >= 0.3 is 5.97 Å². The third kappa shape index (κ3) is 2.95. The first-order valence-corrected chi connectivity index (χ1v) is 5.83. The van der Waals surface area contributed by atoms with E-state index >= 15 is 0 Å². The van der Waals surface area contributed by atoms with Gasteiger partial charge in [0.1, 0.15) is 5.03 Å². The molecule has 2 rings (SSSR count). The molecular formula is C11H7ClN2O2S. The number of hydrogen-bond acceptors (Lipinski definition) is 4. The van der Waals surface area contributed by atoms with Gasteiger partial charge in [0, 0.05) is 17.3 Å². The summed E-state index contributed by atoms with van der Waals surface area (Å²) < 4.78 is 0. The summed E-state index contributed by atoms with van der Waals surface area (Å²) in [5.41, 5.74) is 0.0838. The molecule has 1 aromatic heterocycles. The van der Waals surface area contributed by atoms with Crippen molar-refractivity contribution < 1.29 is 9.90 Å². The van der Waals surface area contributed by atoms with Crippen molar-refractivity contribution in [2.45, 2.75) is 9.92 Å². The summed E-state index contributed by atoms with van der Waals surface area (Å²) in [6.45, 7) is 0. The summed E-state index contributed by atoms with van der Waals surface area (Å²) in [7, 11) is 0. The Morgan fingerprint density at radius 3 is 2.82 bits per heavy atom. The molecule has 0 fully saturated rings. The SMILES string of the molecule is O=C(O)c1cc(Sc2cnccn2)ccc1Cl. The summed E-state index contributed by atoms with van der Waals surface area (Å²) >= 11 is 7.11. The molecule has 0 aliphatic carbocycles. The lowest BCUT2D eigenvalue weighted by Crippen LogP contribution is -1.97. The monoisotopic (exact) mass is 266 g/mol. The maximum Gasteiger partial charge on any atom is 0.337 e. The normalized spacial score (nSPS) is 10.2. The number of rotatable bonds is 3. The van der Waals surface area contributed by atoms with Crippen molar-refractivity contribution in [3.63, 3.8) is 0 Å². The van der Waals surface area contributed by atoms with Crippen LogP contribution in [0.15, 0.2) is 46.7 Å². The van der Waals surface area contributed by atoms with E-state index in [1.807, 2.05) is 0 Å². The molecule has 4 nitrogen and oxygen atoms in total. The van der Waals surface area contributed by atoms with Gasteiger partial charge in [-0.2, -0.15) is 0 Å². The first-order valence-electron chi connectivity index (χ1n) is 4.63. The van der Waals surface area contributed by atoms with Crippen LogP contribution < -0.4 is 0 Å². The van der Waals surface area contributed by atoms with E-state index in [0.29, 0.717) is 5.03 Å². The van der Waals surface area contributed by atoms with E-state index in [1.165, 1.54) is 17.8 Å². The van der Waals surface area contributed by atoms with Gasteiger partial charge in [-0.3, -0.25) is 4.98 Å². The number of nitrogens with zero attached hydrogens (tertiary/aromatic N) is 2. The van der Waals surface area contributed by atoms with Crippen LogP contribution in [-0.2, 0) is 0 Å². The highest BCUT2D eigenvalue weighted by Crippen LogP contribution is 2.28. The Hall–Kier alpha value is -1.59. The molecule has 0 unspecified atom stereocenters. The average Bonchev–Trinajstić information content (AvgIpc) is 2.32. The van der Waals surface area contributed by atoms with E-state index in [2.05, 4.69) is 9.97 Å². The molecular weight excluding hydrogens is 260 g/mol. The van der Waals surface area contributed by atoms with Crippen molar-refractivity contribution in [1.29, 1.82) is 0 Å². The summed E-state index contributed by atoms with van der Waals surface area (Å²) in [6.07, 6.45) is 4.77. The second-order valence-corrected chi connectivity index (χ2v) is 4.59. The molecule has 0 saturated heterocycles. The van der Waals surface area contributed by atoms with Crippen molar-refractivity contribution in [2.75, 3.05) is 0 Å². The van der Waals surface area contributed by atoms with Crippen molar-refractivity contribution in [3.8, 4) is 0 Å². The van der Waals surface area contributed by atoms with Crippen LogP contribution in [-0.4, -0.2) is 21.0 Å². The minimum absolute atomic E-state index is 0.0838. The van der Waals surface area contributed by atoms with Gasteiger partial charge in [0.05, 0.1) is 16.8 Å². The molecule has 0 saturated carbocycles. The Morgan fingerprint density at radius 1 is 1.35 bits per heavy atom. The number of carbonyl (C=O) groups is 1. The van der Waals surface area contributed by atoms with Gasteiger partial charge in [-0.25, -0.2) is 9.78 Å². The van der Waals surface area contributed by atoms with Gasteiger partial charge < -0.3 is 5.11 Å². The molecule has 86 valence electrons. The maximum atomic E-state index is 10.9. The lowest BCUT2D eigenvalue weighted by atomic mass is 10.2. The van der Waals surface area contributed by atoms with Gasteiger partial charge in [-0.1, -0.05) is 23.4 Å². The second-order valence-electron chi connectivity index (χ2n) is 3.09. The highest BCUT2D eigenvalue weighted by Gasteiger charge is 2.10. The zero-order valence-corrected chi connectivity index (χ0v) is 10.1. The lowest BCUT2D eigenvalue weighted by Gasteiger charge is -2.03. The molecule has 1 N–H and O–H groups in total.